The summed E-state index contributed by atoms with van der Waals surface area (Å²) in [4.78, 5) is 7.53. The second kappa shape index (κ2) is 7.42. The summed E-state index contributed by atoms with van der Waals surface area (Å²) in [6.45, 7) is 7.76. The van der Waals surface area contributed by atoms with Crippen LogP contribution < -0.4 is 0 Å². The molecule has 0 saturated carbocycles. The first-order valence-corrected chi connectivity index (χ1v) is 9.97. The highest BCUT2D eigenvalue weighted by Crippen LogP contribution is 2.29. The van der Waals surface area contributed by atoms with Gasteiger partial charge < -0.3 is 4.40 Å². The average molecular weight is 368 g/mol. The minimum absolute atomic E-state index is 0.761. The zero-order chi connectivity index (χ0) is 18.1. The molecule has 3 nitrogen and oxygen atoms in total. The molecule has 0 aliphatic carbocycles. The van der Waals surface area contributed by atoms with Gasteiger partial charge in [0.2, 0.25) is 0 Å². The second-order valence-electron chi connectivity index (χ2n) is 7.53. The molecule has 1 fully saturated rings. The Balaban J connectivity index is 1.72. The summed E-state index contributed by atoms with van der Waals surface area (Å²) in [7, 11) is 0. The van der Waals surface area contributed by atoms with Crippen molar-refractivity contribution in [2.75, 3.05) is 13.1 Å². The number of hydrogen-bond acceptors (Lipinski definition) is 2. The molecule has 0 spiro atoms. The van der Waals surface area contributed by atoms with Crippen LogP contribution in [-0.4, -0.2) is 27.4 Å². The number of hydrogen-bond donors (Lipinski definition) is 0. The van der Waals surface area contributed by atoms with E-state index in [1.807, 2.05) is 12.1 Å². The molecule has 26 heavy (non-hydrogen) atoms. The van der Waals surface area contributed by atoms with E-state index < -0.39 is 0 Å². The van der Waals surface area contributed by atoms with Crippen molar-refractivity contribution in [2.24, 2.45) is 5.92 Å². The molecular formula is C22H26ClN3. The van der Waals surface area contributed by atoms with Crippen molar-refractivity contribution in [2.45, 2.75) is 39.7 Å². The predicted octanol–water partition coefficient (Wildman–Crippen LogP) is 5.59. The number of imidazole rings is 1. The number of aromatic nitrogens is 2. The highest BCUT2D eigenvalue weighted by Gasteiger charge is 2.24. The van der Waals surface area contributed by atoms with Gasteiger partial charge in [0.25, 0.3) is 0 Å². The standard InChI is InChI=1S/C22H26ClN3/c1-3-4-17-11-12-25(14-17)15-20-22(18-6-8-19(23)9-7-18)24-21-10-5-16(2)13-26(20)21/h5-10,13,17H,3-4,11-12,14-15H2,1-2H3. The molecule has 1 aliphatic heterocycles. The highest BCUT2D eigenvalue weighted by atomic mass is 35.5. The fourth-order valence-electron chi connectivity index (χ4n) is 4.10. The van der Waals surface area contributed by atoms with Crippen LogP contribution in [-0.2, 0) is 6.54 Å². The number of pyridine rings is 1. The molecular weight excluding hydrogens is 342 g/mol. The van der Waals surface area contributed by atoms with Crippen molar-refractivity contribution >= 4 is 17.2 Å². The fraction of sp³-hybridized carbons (Fsp3) is 0.409. The fourth-order valence-corrected chi connectivity index (χ4v) is 4.23. The first-order chi connectivity index (χ1) is 12.6. The second-order valence-corrected chi connectivity index (χ2v) is 7.96. The van der Waals surface area contributed by atoms with E-state index in [-0.39, 0.29) is 0 Å². The Morgan fingerprint density at radius 2 is 1.96 bits per heavy atom. The van der Waals surface area contributed by atoms with Gasteiger partial charge in [0.15, 0.2) is 0 Å². The highest BCUT2D eigenvalue weighted by molar-refractivity contribution is 6.30. The smallest absolute Gasteiger partial charge is 0.137 e. The Hall–Kier alpha value is -1.84. The zero-order valence-corrected chi connectivity index (χ0v) is 16.3. The van der Waals surface area contributed by atoms with E-state index in [4.69, 9.17) is 16.6 Å². The van der Waals surface area contributed by atoms with Crippen LogP contribution in [0.4, 0.5) is 0 Å². The van der Waals surface area contributed by atoms with Gasteiger partial charge in [-0.1, -0.05) is 43.1 Å². The van der Waals surface area contributed by atoms with Crippen LogP contribution in [0.25, 0.3) is 16.9 Å². The largest absolute Gasteiger partial charge is 0.302 e. The first-order valence-electron chi connectivity index (χ1n) is 9.60. The zero-order valence-electron chi connectivity index (χ0n) is 15.6. The third-order valence-corrected chi connectivity index (χ3v) is 5.68. The Kier molecular flexibility index (Phi) is 5.01. The van der Waals surface area contributed by atoms with Gasteiger partial charge in [0, 0.05) is 29.9 Å². The summed E-state index contributed by atoms with van der Waals surface area (Å²) in [5.41, 5.74) is 5.76. The Labute approximate surface area is 160 Å². The molecule has 3 aromatic rings. The summed E-state index contributed by atoms with van der Waals surface area (Å²) < 4.78 is 2.27. The van der Waals surface area contributed by atoms with Gasteiger partial charge in [-0.3, -0.25) is 4.90 Å². The summed E-state index contributed by atoms with van der Waals surface area (Å²) in [5, 5.41) is 0.761. The molecule has 0 bridgehead atoms. The molecule has 4 rings (SSSR count). The van der Waals surface area contributed by atoms with Crippen molar-refractivity contribution in [3.63, 3.8) is 0 Å². The Morgan fingerprint density at radius 1 is 1.15 bits per heavy atom. The van der Waals surface area contributed by atoms with Crippen molar-refractivity contribution in [1.82, 2.24) is 14.3 Å². The third kappa shape index (κ3) is 3.51. The van der Waals surface area contributed by atoms with Gasteiger partial charge in [0.1, 0.15) is 5.65 Å². The van der Waals surface area contributed by atoms with E-state index in [0.29, 0.717) is 0 Å². The molecule has 1 unspecified atom stereocenters. The third-order valence-electron chi connectivity index (χ3n) is 5.42. The predicted molar refractivity (Wildman–Crippen MR) is 109 cm³/mol. The van der Waals surface area contributed by atoms with Crippen molar-refractivity contribution in [3.8, 4) is 11.3 Å². The van der Waals surface area contributed by atoms with E-state index in [9.17, 15) is 0 Å². The van der Waals surface area contributed by atoms with E-state index in [0.717, 1.165) is 34.4 Å². The van der Waals surface area contributed by atoms with Crippen LogP contribution >= 0.6 is 11.6 Å². The van der Waals surface area contributed by atoms with Crippen molar-refractivity contribution in [3.05, 3.63) is 58.9 Å². The number of nitrogens with zero attached hydrogens (tertiary/aromatic N) is 3. The van der Waals surface area contributed by atoms with Crippen LogP contribution in [0.1, 0.15) is 37.4 Å². The SMILES string of the molecule is CCCC1CCN(Cc2c(-c3ccc(Cl)cc3)nc3ccc(C)cn23)C1. The van der Waals surface area contributed by atoms with Crippen LogP contribution in [0, 0.1) is 12.8 Å². The van der Waals surface area contributed by atoms with E-state index in [1.165, 1.54) is 43.6 Å². The molecule has 0 N–H and O–H groups in total. The van der Waals surface area contributed by atoms with Gasteiger partial charge >= 0.3 is 0 Å². The van der Waals surface area contributed by atoms with Crippen molar-refractivity contribution in [1.29, 1.82) is 0 Å². The van der Waals surface area contributed by atoms with E-state index in [1.54, 1.807) is 0 Å². The molecule has 4 heteroatoms. The molecule has 1 aliphatic rings. The minimum Gasteiger partial charge on any atom is -0.302 e. The number of halogens is 1. The lowest BCUT2D eigenvalue weighted by molar-refractivity contribution is 0.309. The summed E-state index contributed by atoms with van der Waals surface area (Å²) in [6.07, 6.45) is 6.15. The number of aryl methyl sites for hydroxylation is 1. The maximum atomic E-state index is 6.09. The number of fused-ring (bicyclic) bond motifs is 1. The lowest BCUT2D eigenvalue weighted by atomic mass is 10.0. The Bertz CT molecular complexity index is 898. The first kappa shape index (κ1) is 17.6. The lowest BCUT2D eigenvalue weighted by Gasteiger charge is -2.17. The molecule has 3 heterocycles. The topological polar surface area (TPSA) is 20.5 Å². The molecule has 136 valence electrons. The molecule has 1 saturated heterocycles. The summed E-state index contributed by atoms with van der Waals surface area (Å²) in [5.74, 6) is 0.847. The number of benzene rings is 1. The van der Waals surface area contributed by atoms with Crippen LogP contribution in [0.2, 0.25) is 5.02 Å². The number of rotatable bonds is 5. The molecule has 0 amide bonds. The quantitative estimate of drug-likeness (QED) is 0.586. The van der Waals surface area contributed by atoms with Gasteiger partial charge in [-0.15, -0.1) is 0 Å². The van der Waals surface area contributed by atoms with Gasteiger partial charge in [0.05, 0.1) is 11.4 Å². The normalized spacial score (nSPS) is 18.0. The van der Waals surface area contributed by atoms with Gasteiger partial charge in [-0.2, -0.15) is 0 Å². The Morgan fingerprint density at radius 3 is 2.73 bits per heavy atom. The molecule has 1 aromatic carbocycles. The van der Waals surface area contributed by atoms with Gasteiger partial charge in [-0.25, -0.2) is 4.98 Å². The average Bonchev–Trinajstić information content (AvgIpc) is 3.21. The number of likely N-dealkylation sites (tertiary alicyclic amines) is 1. The van der Waals surface area contributed by atoms with Crippen molar-refractivity contribution < 1.29 is 0 Å². The maximum Gasteiger partial charge on any atom is 0.137 e. The molecule has 2 aromatic heterocycles. The van der Waals surface area contributed by atoms with Gasteiger partial charge in [-0.05, 0) is 56.0 Å². The van der Waals surface area contributed by atoms with Crippen LogP contribution in [0.5, 0.6) is 0 Å². The molecule has 0 radical (unpaired) electrons. The maximum absolute atomic E-state index is 6.09. The monoisotopic (exact) mass is 367 g/mol. The van der Waals surface area contributed by atoms with E-state index >= 15 is 0 Å². The summed E-state index contributed by atoms with van der Waals surface area (Å²) >= 11 is 6.09. The van der Waals surface area contributed by atoms with E-state index in [2.05, 4.69) is 53.6 Å². The summed E-state index contributed by atoms with van der Waals surface area (Å²) in [6, 6.07) is 12.3. The minimum atomic E-state index is 0.761. The molecule has 1 atom stereocenters. The van der Waals surface area contributed by atoms with Crippen LogP contribution in [0.15, 0.2) is 42.6 Å². The van der Waals surface area contributed by atoms with Crippen LogP contribution in [0.3, 0.4) is 0 Å². The lowest BCUT2D eigenvalue weighted by Crippen LogP contribution is -2.21.